The zero-order chi connectivity index (χ0) is 12.0. The molecule has 2 fully saturated rings. The molecule has 0 aromatic carbocycles. The zero-order valence-electron chi connectivity index (χ0n) is 10.3. The van der Waals surface area contributed by atoms with Crippen LogP contribution in [-0.4, -0.2) is 36.0 Å². The maximum Gasteiger partial charge on any atom is 0.144 e. The van der Waals surface area contributed by atoms with Crippen LogP contribution in [0.5, 0.6) is 0 Å². The van der Waals surface area contributed by atoms with Crippen LogP contribution in [-0.2, 0) is 7.05 Å². The molecule has 0 bridgehead atoms. The number of aryl methyl sites for hydroxylation is 2. The smallest absolute Gasteiger partial charge is 0.144 e. The topological polar surface area (TPSA) is 56.9 Å². The third-order valence-corrected chi connectivity index (χ3v) is 3.99. The molecule has 3 heterocycles. The van der Waals surface area contributed by atoms with Gasteiger partial charge in [-0.1, -0.05) is 0 Å². The fourth-order valence-corrected chi connectivity index (χ4v) is 3.17. The Morgan fingerprint density at radius 3 is 2.59 bits per heavy atom. The molecule has 0 radical (unpaired) electrons. The summed E-state index contributed by atoms with van der Waals surface area (Å²) in [6, 6.07) is 2.29. The van der Waals surface area contributed by atoms with Crippen molar-refractivity contribution in [3.05, 3.63) is 11.3 Å². The number of nitrogens with one attached hydrogen (secondary N) is 1. The third kappa shape index (κ3) is 1.52. The Kier molecular flexibility index (Phi) is 2.33. The highest BCUT2D eigenvalue weighted by Gasteiger charge is 2.38. The molecule has 5 nitrogen and oxygen atoms in total. The molecule has 3 rings (SSSR count). The summed E-state index contributed by atoms with van der Waals surface area (Å²) in [5.74, 6) is 2.47. The van der Waals surface area contributed by atoms with E-state index in [2.05, 4.69) is 21.4 Å². The Bertz CT molecular complexity index is 472. The first-order valence-electron chi connectivity index (χ1n) is 6.10. The summed E-state index contributed by atoms with van der Waals surface area (Å²) < 4.78 is 1.85. The van der Waals surface area contributed by atoms with E-state index in [0.717, 1.165) is 55.1 Å². The summed E-state index contributed by atoms with van der Waals surface area (Å²) in [5.41, 5.74) is 1.57. The molecule has 1 aromatic rings. The molecule has 5 heteroatoms. The Hall–Kier alpha value is -1.54. The van der Waals surface area contributed by atoms with Gasteiger partial charge in [-0.25, -0.2) is 0 Å². The van der Waals surface area contributed by atoms with Gasteiger partial charge in [0.05, 0.1) is 5.69 Å². The number of fused-ring (bicyclic) bond motifs is 1. The Labute approximate surface area is 101 Å². The summed E-state index contributed by atoms with van der Waals surface area (Å²) >= 11 is 0. The van der Waals surface area contributed by atoms with Gasteiger partial charge in [-0.2, -0.15) is 10.4 Å². The maximum absolute atomic E-state index is 9.23. The average molecular weight is 231 g/mol. The van der Waals surface area contributed by atoms with Gasteiger partial charge in [0.15, 0.2) is 0 Å². The van der Waals surface area contributed by atoms with Gasteiger partial charge in [0, 0.05) is 33.2 Å². The quantitative estimate of drug-likeness (QED) is 0.753. The van der Waals surface area contributed by atoms with Crippen LogP contribution < -0.4 is 10.2 Å². The van der Waals surface area contributed by atoms with E-state index >= 15 is 0 Å². The molecule has 0 spiro atoms. The summed E-state index contributed by atoms with van der Waals surface area (Å²) in [5, 5.41) is 17.0. The molecule has 2 aliphatic rings. The third-order valence-electron chi connectivity index (χ3n) is 3.99. The summed E-state index contributed by atoms with van der Waals surface area (Å²) in [7, 11) is 1.93. The van der Waals surface area contributed by atoms with Gasteiger partial charge in [0.1, 0.15) is 17.5 Å². The SMILES string of the molecule is Cc1nn(C)c(N2C[C@H]3CNC[C@H]3C2)c1C#N. The van der Waals surface area contributed by atoms with E-state index in [1.165, 1.54) is 0 Å². The van der Waals surface area contributed by atoms with E-state index in [4.69, 9.17) is 0 Å². The molecule has 0 unspecified atom stereocenters. The highest BCUT2D eigenvalue weighted by atomic mass is 15.4. The molecular weight excluding hydrogens is 214 g/mol. The van der Waals surface area contributed by atoms with E-state index in [0.29, 0.717) is 0 Å². The molecule has 2 saturated heterocycles. The highest BCUT2D eigenvalue weighted by molar-refractivity contribution is 5.57. The normalized spacial score (nSPS) is 27.2. The summed E-state index contributed by atoms with van der Waals surface area (Å²) in [6.07, 6.45) is 0. The fourth-order valence-electron chi connectivity index (χ4n) is 3.17. The van der Waals surface area contributed by atoms with Crippen LogP contribution in [0.25, 0.3) is 0 Å². The van der Waals surface area contributed by atoms with Crippen molar-refractivity contribution in [2.75, 3.05) is 31.1 Å². The lowest BCUT2D eigenvalue weighted by Gasteiger charge is -2.19. The van der Waals surface area contributed by atoms with Crippen molar-refractivity contribution in [2.45, 2.75) is 6.92 Å². The van der Waals surface area contributed by atoms with Crippen molar-refractivity contribution in [3.8, 4) is 6.07 Å². The van der Waals surface area contributed by atoms with E-state index in [1.807, 2.05) is 18.7 Å². The van der Waals surface area contributed by atoms with Crippen molar-refractivity contribution < 1.29 is 0 Å². The van der Waals surface area contributed by atoms with Crippen LogP contribution >= 0.6 is 0 Å². The summed E-state index contributed by atoms with van der Waals surface area (Å²) in [4.78, 5) is 2.33. The molecule has 0 saturated carbocycles. The van der Waals surface area contributed by atoms with Crippen molar-refractivity contribution in [1.29, 1.82) is 5.26 Å². The van der Waals surface area contributed by atoms with Crippen LogP contribution in [0, 0.1) is 30.1 Å². The van der Waals surface area contributed by atoms with Crippen LogP contribution in [0.1, 0.15) is 11.3 Å². The molecular formula is C12H17N5. The first kappa shape index (κ1) is 10.6. The molecule has 1 aromatic heterocycles. The maximum atomic E-state index is 9.23. The molecule has 0 amide bonds. The molecule has 90 valence electrons. The van der Waals surface area contributed by atoms with Crippen molar-refractivity contribution in [3.63, 3.8) is 0 Å². The number of nitriles is 1. The van der Waals surface area contributed by atoms with Crippen LogP contribution in [0.3, 0.4) is 0 Å². The van der Waals surface area contributed by atoms with Crippen molar-refractivity contribution in [1.82, 2.24) is 15.1 Å². The lowest BCUT2D eigenvalue weighted by atomic mass is 10.0. The van der Waals surface area contributed by atoms with Gasteiger partial charge in [-0.05, 0) is 18.8 Å². The van der Waals surface area contributed by atoms with Gasteiger partial charge in [-0.15, -0.1) is 0 Å². The highest BCUT2D eigenvalue weighted by Crippen LogP contribution is 2.32. The fraction of sp³-hybridized carbons (Fsp3) is 0.667. The second-order valence-electron chi connectivity index (χ2n) is 5.10. The van der Waals surface area contributed by atoms with E-state index in [1.54, 1.807) is 0 Å². The monoisotopic (exact) mass is 231 g/mol. The predicted octanol–water partition coefficient (Wildman–Crippen LogP) is 0.256. The van der Waals surface area contributed by atoms with Gasteiger partial charge in [-0.3, -0.25) is 4.68 Å². The lowest BCUT2D eigenvalue weighted by molar-refractivity contribution is 0.533. The van der Waals surface area contributed by atoms with Gasteiger partial charge >= 0.3 is 0 Å². The van der Waals surface area contributed by atoms with Gasteiger partial charge in [0.25, 0.3) is 0 Å². The number of hydrogen-bond acceptors (Lipinski definition) is 4. The van der Waals surface area contributed by atoms with Crippen molar-refractivity contribution >= 4 is 5.82 Å². The molecule has 2 atom stereocenters. The number of aromatic nitrogens is 2. The largest absolute Gasteiger partial charge is 0.355 e. The first-order valence-corrected chi connectivity index (χ1v) is 6.10. The number of hydrogen-bond donors (Lipinski definition) is 1. The minimum absolute atomic E-state index is 0.733. The Balaban J connectivity index is 1.93. The number of nitrogens with zero attached hydrogens (tertiary/aromatic N) is 4. The van der Waals surface area contributed by atoms with Gasteiger partial charge < -0.3 is 10.2 Å². The molecule has 0 aliphatic carbocycles. The van der Waals surface area contributed by atoms with Gasteiger partial charge in [0.2, 0.25) is 0 Å². The second-order valence-corrected chi connectivity index (χ2v) is 5.10. The van der Waals surface area contributed by atoms with Crippen molar-refractivity contribution in [2.24, 2.45) is 18.9 Å². The first-order chi connectivity index (χ1) is 8.20. The van der Waals surface area contributed by atoms with Crippen LogP contribution in [0.2, 0.25) is 0 Å². The Morgan fingerprint density at radius 2 is 2.00 bits per heavy atom. The minimum Gasteiger partial charge on any atom is -0.355 e. The molecule has 2 aliphatic heterocycles. The number of rotatable bonds is 1. The minimum atomic E-state index is 0.733. The predicted molar refractivity (Wildman–Crippen MR) is 64.7 cm³/mol. The van der Waals surface area contributed by atoms with Crippen LogP contribution in [0.4, 0.5) is 5.82 Å². The molecule has 1 N–H and O–H groups in total. The van der Waals surface area contributed by atoms with Crippen LogP contribution in [0.15, 0.2) is 0 Å². The van der Waals surface area contributed by atoms with E-state index in [9.17, 15) is 5.26 Å². The lowest BCUT2D eigenvalue weighted by Crippen LogP contribution is -2.27. The average Bonchev–Trinajstić information content (AvgIpc) is 2.89. The second kappa shape index (κ2) is 3.74. The summed E-state index contributed by atoms with van der Waals surface area (Å²) in [6.45, 7) is 6.22. The standard InChI is InChI=1S/C12H17N5/c1-8-11(3-13)12(16(2)15-8)17-6-9-4-14-5-10(9)7-17/h9-10,14H,4-7H2,1-2H3/t9-,10+. The zero-order valence-corrected chi connectivity index (χ0v) is 10.3. The number of anilines is 1. The molecule has 17 heavy (non-hydrogen) atoms. The Morgan fingerprint density at radius 1 is 1.35 bits per heavy atom. The van der Waals surface area contributed by atoms with E-state index < -0.39 is 0 Å². The van der Waals surface area contributed by atoms with E-state index in [-0.39, 0.29) is 0 Å².